The van der Waals surface area contributed by atoms with Crippen LogP contribution in [0.15, 0.2) is 54.9 Å². The van der Waals surface area contributed by atoms with Crippen LogP contribution in [0.4, 0.5) is 5.69 Å². The van der Waals surface area contributed by atoms with E-state index in [-0.39, 0.29) is 0 Å². The molecule has 6 heteroatoms. The van der Waals surface area contributed by atoms with Crippen LogP contribution in [0.3, 0.4) is 0 Å². The van der Waals surface area contributed by atoms with E-state index in [1.54, 1.807) is 7.11 Å². The molecule has 31 heavy (non-hydrogen) atoms. The highest BCUT2D eigenvalue weighted by Gasteiger charge is 2.18. The van der Waals surface area contributed by atoms with Gasteiger partial charge < -0.3 is 14.4 Å². The molecule has 0 N–H and O–H groups in total. The molecule has 0 unspecified atom stereocenters. The van der Waals surface area contributed by atoms with Crippen LogP contribution in [-0.4, -0.2) is 47.9 Å². The van der Waals surface area contributed by atoms with Crippen LogP contribution in [0.25, 0.3) is 27.8 Å². The Morgan fingerprint density at radius 3 is 2.74 bits per heavy atom. The Hall–Kier alpha value is -3.12. The van der Waals surface area contributed by atoms with Gasteiger partial charge in [-0.25, -0.2) is 9.97 Å². The van der Waals surface area contributed by atoms with Crippen molar-refractivity contribution >= 4 is 27.6 Å². The number of fused-ring (bicyclic) bond motifs is 2. The Morgan fingerprint density at radius 2 is 1.90 bits per heavy atom. The Bertz CT molecular complexity index is 1190. The van der Waals surface area contributed by atoms with E-state index >= 15 is 0 Å². The maximum Gasteiger partial charge on any atom is 0.139 e. The minimum Gasteiger partial charge on any atom is -0.491 e. The molecule has 0 spiro atoms. The molecule has 160 valence electrons. The number of aromatic nitrogens is 3. The van der Waals surface area contributed by atoms with Crippen molar-refractivity contribution in [1.29, 1.82) is 0 Å². The van der Waals surface area contributed by atoms with Gasteiger partial charge in [-0.3, -0.25) is 4.57 Å². The summed E-state index contributed by atoms with van der Waals surface area (Å²) in [5.41, 5.74) is 4.17. The van der Waals surface area contributed by atoms with Crippen LogP contribution in [0.1, 0.15) is 19.8 Å². The van der Waals surface area contributed by atoms with Crippen LogP contribution >= 0.6 is 0 Å². The molecule has 0 amide bonds. The molecular formula is C25H28N4O2. The predicted octanol–water partition coefficient (Wildman–Crippen LogP) is 4.84. The van der Waals surface area contributed by atoms with Crippen molar-refractivity contribution in [2.75, 3.05) is 38.3 Å². The summed E-state index contributed by atoms with van der Waals surface area (Å²) in [5, 5.41) is 1.16. The maximum absolute atomic E-state index is 5.72. The second-order valence-electron chi connectivity index (χ2n) is 8.29. The highest BCUT2D eigenvalue weighted by atomic mass is 16.5. The summed E-state index contributed by atoms with van der Waals surface area (Å²) >= 11 is 0. The summed E-state index contributed by atoms with van der Waals surface area (Å²) in [5.74, 6) is 2.47. The lowest BCUT2D eigenvalue weighted by Crippen LogP contribution is -2.32. The first-order valence-electron chi connectivity index (χ1n) is 11.0. The van der Waals surface area contributed by atoms with E-state index < -0.39 is 0 Å². The Balaban J connectivity index is 1.50. The number of anilines is 1. The lowest BCUT2D eigenvalue weighted by molar-refractivity contribution is 0.146. The molecule has 1 saturated heterocycles. The van der Waals surface area contributed by atoms with Gasteiger partial charge in [0.25, 0.3) is 0 Å². The molecule has 0 atom stereocenters. The lowest BCUT2D eigenvalue weighted by atomic mass is 9.98. The molecule has 4 aromatic rings. The first-order chi connectivity index (χ1) is 15.2. The maximum atomic E-state index is 5.72. The number of hydrogen-bond acceptors (Lipinski definition) is 5. The highest BCUT2D eigenvalue weighted by molar-refractivity contribution is 5.92. The third-order valence-corrected chi connectivity index (χ3v) is 6.13. The molecule has 2 aromatic heterocycles. The average molecular weight is 417 g/mol. The summed E-state index contributed by atoms with van der Waals surface area (Å²) < 4.78 is 12.8. The number of ether oxygens (including phenoxy) is 2. The standard InChI is InChI=1S/C25H28N4O2/c1-18-10-12-28(13-11-18)23-5-3-4-19-6-9-24(27-25(19)23)29-17-26-21-16-20(7-8-22(21)29)31-15-14-30-2/h3-9,16-18H,10-15H2,1-2H3. The summed E-state index contributed by atoms with van der Waals surface area (Å²) in [7, 11) is 1.67. The number of rotatable bonds is 6. The van der Waals surface area contributed by atoms with E-state index in [0.717, 1.165) is 52.5 Å². The molecule has 3 heterocycles. The third-order valence-electron chi connectivity index (χ3n) is 6.13. The van der Waals surface area contributed by atoms with E-state index in [0.29, 0.717) is 13.2 Å². The molecule has 1 aliphatic rings. The Labute approximate surface area is 182 Å². The number of para-hydroxylation sites is 1. The van der Waals surface area contributed by atoms with Crippen molar-refractivity contribution < 1.29 is 9.47 Å². The monoisotopic (exact) mass is 416 g/mol. The van der Waals surface area contributed by atoms with Crippen LogP contribution in [0.2, 0.25) is 0 Å². The van der Waals surface area contributed by atoms with Crippen molar-refractivity contribution in [1.82, 2.24) is 14.5 Å². The number of benzene rings is 2. The molecular weight excluding hydrogens is 388 g/mol. The van der Waals surface area contributed by atoms with Crippen molar-refractivity contribution in [2.24, 2.45) is 5.92 Å². The molecule has 5 rings (SSSR count). The molecule has 1 fully saturated rings. The van der Waals surface area contributed by atoms with Crippen LogP contribution in [-0.2, 0) is 4.74 Å². The van der Waals surface area contributed by atoms with Gasteiger partial charge in [0.2, 0.25) is 0 Å². The molecule has 2 aromatic carbocycles. The summed E-state index contributed by atoms with van der Waals surface area (Å²) in [4.78, 5) is 12.1. The number of pyridine rings is 1. The van der Waals surface area contributed by atoms with E-state index in [1.165, 1.54) is 18.5 Å². The van der Waals surface area contributed by atoms with E-state index in [9.17, 15) is 0 Å². The third kappa shape index (κ3) is 3.95. The van der Waals surface area contributed by atoms with Gasteiger partial charge in [-0.1, -0.05) is 19.1 Å². The summed E-state index contributed by atoms with van der Waals surface area (Å²) in [6.07, 6.45) is 4.30. The fourth-order valence-electron chi connectivity index (χ4n) is 4.27. The number of imidazole rings is 1. The number of methoxy groups -OCH3 is 1. The number of hydrogen-bond donors (Lipinski definition) is 0. The summed E-state index contributed by atoms with van der Waals surface area (Å²) in [6, 6.07) is 16.7. The first kappa shape index (κ1) is 19.8. The van der Waals surface area contributed by atoms with E-state index in [1.807, 2.05) is 29.1 Å². The molecule has 0 saturated carbocycles. The van der Waals surface area contributed by atoms with Gasteiger partial charge >= 0.3 is 0 Å². The first-order valence-corrected chi connectivity index (χ1v) is 11.0. The van der Waals surface area contributed by atoms with Crippen molar-refractivity contribution in [3.05, 3.63) is 54.9 Å². The van der Waals surface area contributed by atoms with Crippen molar-refractivity contribution in [3.63, 3.8) is 0 Å². The van der Waals surface area contributed by atoms with Crippen LogP contribution in [0, 0.1) is 5.92 Å². The van der Waals surface area contributed by atoms with Gasteiger partial charge in [-0.05, 0) is 49.1 Å². The fourth-order valence-corrected chi connectivity index (χ4v) is 4.27. The molecule has 0 radical (unpaired) electrons. The average Bonchev–Trinajstić information content (AvgIpc) is 3.22. The van der Waals surface area contributed by atoms with Crippen LogP contribution < -0.4 is 9.64 Å². The predicted molar refractivity (Wildman–Crippen MR) is 124 cm³/mol. The topological polar surface area (TPSA) is 52.4 Å². The van der Waals surface area contributed by atoms with Gasteiger partial charge in [0.15, 0.2) is 0 Å². The minimum atomic E-state index is 0.521. The summed E-state index contributed by atoms with van der Waals surface area (Å²) in [6.45, 7) is 5.60. The zero-order valence-corrected chi connectivity index (χ0v) is 18.1. The minimum absolute atomic E-state index is 0.521. The second-order valence-corrected chi connectivity index (χ2v) is 8.29. The van der Waals surface area contributed by atoms with Crippen molar-refractivity contribution in [3.8, 4) is 11.6 Å². The molecule has 0 bridgehead atoms. The normalized spacial score (nSPS) is 15.1. The van der Waals surface area contributed by atoms with E-state index in [2.05, 4.69) is 47.1 Å². The number of nitrogens with zero attached hydrogens (tertiary/aromatic N) is 4. The van der Waals surface area contributed by atoms with Gasteiger partial charge in [0.1, 0.15) is 24.5 Å². The van der Waals surface area contributed by atoms with Crippen LogP contribution in [0.5, 0.6) is 5.75 Å². The largest absolute Gasteiger partial charge is 0.491 e. The zero-order chi connectivity index (χ0) is 21.2. The Kier molecular flexibility index (Phi) is 5.47. The second kappa shape index (κ2) is 8.55. The zero-order valence-electron chi connectivity index (χ0n) is 18.1. The van der Waals surface area contributed by atoms with Crippen molar-refractivity contribution in [2.45, 2.75) is 19.8 Å². The van der Waals surface area contributed by atoms with Gasteiger partial charge in [-0.15, -0.1) is 0 Å². The van der Waals surface area contributed by atoms with Gasteiger partial charge in [-0.2, -0.15) is 0 Å². The smallest absolute Gasteiger partial charge is 0.139 e. The fraction of sp³-hybridized carbons (Fsp3) is 0.360. The SMILES string of the molecule is COCCOc1ccc2c(c1)ncn2-c1ccc2cccc(N3CCC(C)CC3)c2n1. The molecule has 1 aliphatic heterocycles. The molecule has 6 nitrogen and oxygen atoms in total. The Morgan fingerprint density at radius 1 is 1.03 bits per heavy atom. The van der Waals surface area contributed by atoms with E-state index in [4.69, 9.17) is 14.5 Å². The quantitative estimate of drug-likeness (QED) is 0.421. The molecule has 0 aliphatic carbocycles. The number of piperidine rings is 1. The lowest BCUT2D eigenvalue weighted by Gasteiger charge is -2.32. The van der Waals surface area contributed by atoms with Gasteiger partial charge in [0.05, 0.1) is 28.8 Å². The van der Waals surface area contributed by atoms with Gasteiger partial charge in [0, 0.05) is 31.7 Å². The highest BCUT2D eigenvalue weighted by Crippen LogP contribution is 2.30.